The molecule has 0 amide bonds. The fourth-order valence-corrected chi connectivity index (χ4v) is 4.26. The van der Waals surface area contributed by atoms with Crippen LogP contribution in [0.25, 0.3) is 22.3 Å². The summed E-state index contributed by atoms with van der Waals surface area (Å²) in [5, 5.41) is 9.64. The molecule has 0 bridgehead atoms. The predicted octanol–water partition coefficient (Wildman–Crippen LogP) is 9.23. The Labute approximate surface area is 218 Å². The molecule has 1 N–H and O–H groups in total. The van der Waals surface area contributed by atoms with Gasteiger partial charge in [0.1, 0.15) is 0 Å². The normalized spacial score (nSPS) is 12.6. The number of aliphatic hydroxyl groups excluding tert-OH is 1. The number of hydrogen-bond acceptors (Lipinski definition) is 2. The van der Waals surface area contributed by atoms with Crippen molar-refractivity contribution in [1.82, 2.24) is 0 Å². The zero-order valence-corrected chi connectivity index (χ0v) is 20.9. The second-order valence-corrected chi connectivity index (χ2v) is 9.08. The van der Waals surface area contributed by atoms with E-state index in [0.29, 0.717) is 11.1 Å². The fourth-order valence-electron chi connectivity index (χ4n) is 4.26. The first-order valence-corrected chi connectivity index (χ1v) is 12.3. The number of aryl methyl sites for hydroxylation is 1. The first kappa shape index (κ1) is 27.3. The van der Waals surface area contributed by atoms with Gasteiger partial charge in [0.2, 0.25) is 0 Å². The number of aliphatic hydroxyl groups is 1. The number of benzene rings is 4. The van der Waals surface area contributed by atoms with Gasteiger partial charge in [-0.25, -0.2) is 13.2 Å². The van der Waals surface area contributed by atoms with Gasteiger partial charge in [0.05, 0.1) is 17.2 Å². The maximum atomic E-state index is 15.1. The van der Waals surface area contributed by atoms with Crippen molar-refractivity contribution < 1.29 is 31.8 Å². The summed E-state index contributed by atoms with van der Waals surface area (Å²) in [6.45, 7) is 3.63. The Morgan fingerprint density at radius 2 is 1.34 bits per heavy atom. The Morgan fingerprint density at radius 1 is 0.789 bits per heavy atom. The van der Waals surface area contributed by atoms with Crippen molar-refractivity contribution in [2.24, 2.45) is 0 Å². The quantitative estimate of drug-likeness (QED) is 0.220. The van der Waals surface area contributed by atoms with Gasteiger partial charge in [0.15, 0.2) is 11.6 Å². The van der Waals surface area contributed by atoms with Crippen LogP contribution in [-0.4, -0.2) is 5.11 Å². The first-order valence-electron chi connectivity index (χ1n) is 12.3. The summed E-state index contributed by atoms with van der Waals surface area (Å²) in [4.78, 5) is 0. The zero-order valence-electron chi connectivity index (χ0n) is 20.9. The van der Waals surface area contributed by atoms with E-state index in [0.717, 1.165) is 30.5 Å². The van der Waals surface area contributed by atoms with Crippen molar-refractivity contribution in [3.63, 3.8) is 0 Å². The van der Waals surface area contributed by atoms with E-state index in [4.69, 9.17) is 0 Å². The van der Waals surface area contributed by atoms with Gasteiger partial charge < -0.3 is 9.84 Å². The Morgan fingerprint density at radius 3 is 1.87 bits per heavy atom. The van der Waals surface area contributed by atoms with E-state index >= 15 is 4.39 Å². The number of hydrogen-bond donors (Lipinski definition) is 1. The van der Waals surface area contributed by atoms with E-state index in [-0.39, 0.29) is 11.1 Å². The number of rotatable bonds is 9. The third-order valence-electron chi connectivity index (χ3n) is 6.35. The van der Waals surface area contributed by atoms with Crippen LogP contribution in [0.15, 0.2) is 84.9 Å². The molecule has 0 aliphatic heterocycles. The number of ether oxygens (including phenoxy) is 1. The molecule has 0 aliphatic carbocycles. The predicted molar refractivity (Wildman–Crippen MR) is 138 cm³/mol. The van der Waals surface area contributed by atoms with E-state index in [1.807, 2.05) is 24.3 Å². The van der Waals surface area contributed by atoms with Crippen molar-refractivity contribution in [2.75, 3.05) is 0 Å². The zero-order chi connectivity index (χ0) is 27.4. The highest BCUT2D eigenvalue weighted by molar-refractivity contribution is 5.69. The molecular formula is C31H27F5O2. The molecule has 0 spiro atoms. The summed E-state index contributed by atoms with van der Waals surface area (Å²) in [5.41, 5.74) is 1.81. The van der Waals surface area contributed by atoms with Crippen LogP contribution in [0.5, 0.6) is 5.75 Å². The largest absolute Gasteiger partial charge is 0.426 e. The van der Waals surface area contributed by atoms with Crippen LogP contribution in [0.3, 0.4) is 0 Å². The molecule has 1 atom stereocenters. The highest BCUT2D eigenvalue weighted by Crippen LogP contribution is 2.41. The standard InChI is InChI=1S/C31H27F5O2/c1-3-4-20-5-7-22(8-6-20)23-13-15-25(16-14-23)31(35,36)38-27-18-17-26(28(29(27)32)30(33)34)24-11-9-21(10-12-24)19(2)37/h5-19,30,37H,3-4H2,1-2H3. The van der Waals surface area contributed by atoms with Crippen LogP contribution in [0, 0.1) is 5.82 Å². The molecule has 0 saturated heterocycles. The minimum Gasteiger partial charge on any atom is -0.426 e. The molecule has 1 unspecified atom stereocenters. The number of halogens is 5. The molecule has 0 aromatic heterocycles. The smallest absolute Gasteiger partial charge is 0.426 e. The van der Waals surface area contributed by atoms with Gasteiger partial charge in [-0.15, -0.1) is 0 Å². The van der Waals surface area contributed by atoms with Crippen LogP contribution < -0.4 is 4.74 Å². The minimum absolute atomic E-state index is 0.153. The maximum absolute atomic E-state index is 15.1. The van der Waals surface area contributed by atoms with Crippen molar-refractivity contribution in [2.45, 2.75) is 45.3 Å². The van der Waals surface area contributed by atoms with Crippen LogP contribution in [0.1, 0.15) is 55.1 Å². The molecule has 4 aromatic carbocycles. The third-order valence-corrected chi connectivity index (χ3v) is 6.35. The average molecular weight is 527 g/mol. The summed E-state index contributed by atoms with van der Waals surface area (Å²) in [6.07, 6.45) is -6.05. The van der Waals surface area contributed by atoms with Gasteiger partial charge in [-0.3, -0.25) is 0 Å². The van der Waals surface area contributed by atoms with Gasteiger partial charge >= 0.3 is 6.11 Å². The summed E-state index contributed by atoms with van der Waals surface area (Å²) >= 11 is 0. The molecule has 0 radical (unpaired) electrons. The summed E-state index contributed by atoms with van der Waals surface area (Å²) in [5.74, 6) is -2.54. The topological polar surface area (TPSA) is 29.5 Å². The Bertz CT molecular complexity index is 1360. The van der Waals surface area contributed by atoms with Crippen LogP contribution in [0.4, 0.5) is 22.0 Å². The van der Waals surface area contributed by atoms with Gasteiger partial charge in [0.25, 0.3) is 6.43 Å². The highest BCUT2D eigenvalue weighted by atomic mass is 19.3. The van der Waals surface area contributed by atoms with E-state index in [1.165, 1.54) is 54.1 Å². The highest BCUT2D eigenvalue weighted by Gasteiger charge is 2.36. The Balaban J connectivity index is 1.59. The van der Waals surface area contributed by atoms with Crippen LogP contribution in [-0.2, 0) is 12.5 Å². The molecule has 0 heterocycles. The van der Waals surface area contributed by atoms with Crippen molar-refractivity contribution >= 4 is 0 Å². The van der Waals surface area contributed by atoms with E-state index in [1.54, 1.807) is 6.92 Å². The molecular weight excluding hydrogens is 499 g/mol. The molecule has 0 fully saturated rings. The van der Waals surface area contributed by atoms with Crippen LogP contribution in [0.2, 0.25) is 0 Å². The lowest BCUT2D eigenvalue weighted by Crippen LogP contribution is -2.22. The lowest BCUT2D eigenvalue weighted by atomic mass is 9.97. The second kappa shape index (κ2) is 11.4. The monoisotopic (exact) mass is 526 g/mol. The van der Waals surface area contributed by atoms with Gasteiger partial charge in [0, 0.05) is 0 Å². The first-order chi connectivity index (χ1) is 18.1. The van der Waals surface area contributed by atoms with Gasteiger partial charge in [-0.2, -0.15) is 8.78 Å². The molecule has 0 saturated carbocycles. The molecule has 0 aliphatic rings. The lowest BCUT2D eigenvalue weighted by molar-refractivity contribution is -0.187. The molecule has 38 heavy (non-hydrogen) atoms. The number of alkyl halides is 4. The second-order valence-electron chi connectivity index (χ2n) is 9.08. The molecule has 7 heteroatoms. The molecule has 4 aromatic rings. The Hall–Kier alpha value is -3.71. The average Bonchev–Trinajstić information content (AvgIpc) is 2.90. The van der Waals surface area contributed by atoms with E-state index in [2.05, 4.69) is 11.7 Å². The fraction of sp³-hybridized carbons (Fsp3) is 0.226. The van der Waals surface area contributed by atoms with E-state index < -0.39 is 41.3 Å². The maximum Gasteiger partial charge on any atom is 0.426 e. The molecule has 2 nitrogen and oxygen atoms in total. The van der Waals surface area contributed by atoms with Crippen molar-refractivity contribution in [3.05, 3.63) is 113 Å². The summed E-state index contributed by atoms with van der Waals surface area (Å²) < 4.78 is 77.5. The summed E-state index contributed by atoms with van der Waals surface area (Å²) in [6, 6.07) is 21.1. The molecule has 198 valence electrons. The van der Waals surface area contributed by atoms with Gasteiger partial charge in [-0.1, -0.05) is 74.0 Å². The van der Waals surface area contributed by atoms with Crippen LogP contribution >= 0.6 is 0 Å². The van der Waals surface area contributed by atoms with Crippen molar-refractivity contribution in [3.8, 4) is 28.0 Å². The van der Waals surface area contributed by atoms with Crippen molar-refractivity contribution in [1.29, 1.82) is 0 Å². The third kappa shape index (κ3) is 5.89. The van der Waals surface area contributed by atoms with Gasteiger partial charge in [-0.05, 0) is 71.0 Å². The van der Waals surface area contributed by atoms with E-state index in [9.17, 15) is 22.7 Å². The summed E-state index contributed by atoms with van der Waals surface area (Å²) in [7, 11) is 0. The molecule has 4 rings (SSSR count). The minimum atomic E-state index is -3.97. The Kier molecular flexibility index (Phi) is 8.17. The lowest BCUT2D eigenvalue weighted by Gasteiger charge is -2.21. The SMILES string of the molecule is CCCc1ccc(-c2ccc(C(F)(F)Oc3ccc(-c4ccc(C(C)O)cc4)c(C(F)F)c3F)cc2)cc1.